The van der Waals surface area contributed by atoms with E-state index < -0.39 is 0 Å². The van der Waals surface area contributed by atoms with Crippen LogP contribution in [0.1, 0.15) is 6.92 Å². The van der Waals surface area contributed by atoms with Crippen LogP contribution < -0.4 is 10.5 Å². The third kappa shape index (κ3) is 2.89. The van der Waals surface area contributed by atoms with Gasteiger partial charge in [-0.1, -0.05) is 16.8 Å². The monoisotopic (exact) mass is 315 g/mol. The first kappa shape index (κ1) is 14.4. The van der Waals surface area contributed by atoms with Crippen LogP contribution in [0.2, 0.25) is 5.02 Å². The molecule has 1 aromatic heterocycles. The summed E-state index contributed by atoms with van der Waals surface area (Å²) in [5.74, 6) is 1.65. The number of halogens is 1. The molecule has 0 amide bonds. The van der Waals surface area contributed by atoms with Gasteiger partial charge in [0.2, 0.25) is 5.82 Å². The van der Waals surface area contributed by atoms with Crippen molar-refractivity contribution in [3.63, 3.8) is 0 Å². The Labute approximate surface area is 132 Å². The molecular formula is C16H14ClN3O2. The molecule has 3 aromatic rings. The normalized spacial score (nSPS) is 10.6. The first-order valence-corrected chi connectivity index (χ1v) is 7.17. The standard InChI is InChI=1S/C16H14ClN3O2/c1-2-21-12-6-3-10(4-7-12)15-19-16(22-20-15)13-8-5-11(18)9-14(13)17/h3-9H,2,18H2,1H3. The molecule has 0 aliphatic heterocycles. The second-order valence-electron chi connectivity index (χ2n) is 4.62. The summed E-state index contributed by atoms with van der Waals surface area (Å²) in [6.45, 7) is 2.57. The van der Waals surface area contributed by atoms with Crippen molar-refractivity contribution < 1.29 is 9.26 Å². The van der Waals surface area contributed by atoms with Crippen molar-refractivity contribution in [3.8, 4) is 28.6 Å². The zero-order valence-corrected chi connectivity index (χ0v) is 12.7. The highest BCUT2D eigenvalue weighted by molar-refractivity contribution is 6.33. The summed E-state index contributed by atoms with van der Waals surface area (Å²) in [5, 5.41) is 4.46. The minimum absolute atomic E-state index is 0.355. The molecule has 22 heavy (non-hydrogen) atoms. The van der Waals surface area contributed by atoms with Gasteiger partial charge in [-0.25, -0.2) is 0 Å². The molecule has 0 atom stereocenters. The van der Waals surface area contributed by atoms with Crippen molar-refractivity contribution in [2.24, 2.45) is 0 Å². The van der Waals surface area contributed by atoms with Gasteiger partial charge < -0.3 is 15.0 Å². The van der Waals surface area contributed by atoms with E-state index in [1.54, 1.807) is 18.2 Å². The number of rotatable bonds is 4. The van der Waals surface area contributed by atoms with Gasteiger partial charge in [-0.3, -0.25) is 0 Å². The fourth-order valence-electron chi connectivity index (χ4n) is 2.02. The molecule has 0 radical (unpaired) electrons. The maximum atomic E-state index is 6.15. The molecule has 1 heterocycles. The van der Waals surface area contributed by atoms with Gasteiger partial charge in [-0.15, -0.1) is 0 Å². The molecule has 5 nitrogen and oxygen atoms in total. The second kappa shape index (κ2) is 6.07. The molecule has 0 fully saturated rings. The van der Waals surface area contributed by atoms with Crippen LogP contribution in [0.25, 0.3) is 22.8 Å². The van der Waals surface area contributed by atoms with Crippen molar-refractivity contribution in [1.29, 1.82) is 0 Å². The van der Waals surface area contributed by atoms with E-state index >= 15 is 0 Å². The van der Waals surface area contributed by atoms with E-state index in [1.165, 1.54) is 0 Å². The number of ether oxygens (including phenoxy) is 1. The lowest BCUT2D eigenvalue weighted by atomic mass is 10.2. The zero-order valence-electron chi connectivity index (χ0n) is 11.9. The van der Waals surface area contributed by atoms with Crippen molar-refractivity contribution in [3.05, 3.63) is 47.5 Å². The minimum atomic E-state index is 0.355. The SMILES string of the molecule is CCOc1ccc(-c2noc(-c3ccc(N)cc3Cl)n2)cc1. The molecule has 0 saturated heterocycles. The molecule has 0 spiro atoms. The van der Waals surface area contributed by atoms with E-state index in [0.717, 1.165) is 11.3 Å². The number of hydrogen-bond acceptors (Lipinski definition) is 5. The predicted octanol–water partition coefficient (Wildman–Crippen LogP) is 4.04. The minimum Gasteiger partial charge on any atom is -0.494 e. The summed E-state index contributed by atoms with van der Waals surface area (Å²) < 4.78 is 10.7. The first-order valence-electron chi connectivity index (χ1n) is 6.79. The molecule has 6 heteroatoms. The Bertz CT molecular complexity index is 784. The number of hydrogen-bond donors (Lipinski definition) is 1. The van der Waals surface area contributed by atoms with Crippen molar-refractivity contribution in [1.82, 2.24) is 10.1 Å². The molecule has 0 aliphatic rings. The van der Waals surface area contributed by atoms with E-state index in [0.29, 0.717) is 34.6 Å². The summed E-state index contributed by atoms with van der Waals surface area (Å²) in [5.41, 5.74) is 7.75. The molecule has 0 bridgehead atoms. The van der Waals surface area contributed by atoms with Crippen LogP contribution >= 0.6 is 11.6 Å². The zero-order chi connectivity index (χ0) is 15.5. The van der Waals surface area contributed by atoms with Crippen molar-refractivity contribution >= 4 is 17.3 Å². The Morgan fingerprint density at radius 1 is 1.18 bits per heavy atom. The first-order chi connectivity index (χ1) is 10.7. The lowest BCUT2D eigenvalue weighted by Gasteiger charge is -2.02. The number of anilines is 1. The Hall–Kier alpha value is -2.53. The fraction of sp³-hybridized carbons (Fsp3) is 0.125. The Morgan fingerprint density at radius 3 is 2.64 bits per heavy atom. The Balaban J connectivity index is 1.90. The number of nitrogen functional groups attached to an aromatic ring is 1. The number of benzene rings is 2. The van der Waals surface area contributed by atoms with Gasteiger partial charge in [0.15, 0.2) is 0 Å². The summed E-state index contributed by atoms with van der Waals surface area (Å²) in [4.78, 5) is 4.37. The highest BCUT2D eigenvalue weighted by Crippen LogP contribution is 2.30. The molecule has 2 aromatic carbocycles. The number of aromatic nitrogens is 2. The quantitative estimate of drug-likeness (QED) is 0.735. The van der Waals surface area contributed by atoms with E-state index in [4.69, 9.17) is 26.6 Å². The van der Waals surface area contributed by atoms with Crippen LogP contribution in [0.15, 0.2) is 47.0 Å². The van der Waals surface area contributed by atoms with E-state index in [-0.39, 0.29) is 0 Å². The average Bonchev–Trinajstić information content (AvgIpc) is 2.98. The lowest BCUT2D eigenvalue weighted by molar-refractivity contribution is 0.340. The third-order valence-corrected chi connectivity index (χ3v) is 3.39. The number of nitrogens with two attached hydrogens (primary N) is 1. The highest BCUT2D eigenvalue weighted by atomic mass is 35.5. The van der Waals surface area contributed by atoms with Crippen molar-refractivity contribution in [2.75, 3.05) is 12.3 Å². The largest absolute Gasteiger partial charge is 0.494 e. The molecule has 2 N–H and O–H groups in total. The molecular weight excluding hydrogens is 302 g/mol. The van der Waals surface area contributed by atoms with Gasteiger partial charge in [-0.05, 0) is 49.4 Å². The van der Waals surface area contributed by atoms with Gasteiger partial charge in [0.05, 0.1) is 17.2 Å². The van der Waals surface area contributed by atoms with Crippen LogP contribution in [0.3, 0.4) is 0 Å². The fourth-order valence-corrected chi connectivity index (χ4v) is 2.29. The van der Waals surface area contributed by atoms with Gasteiger partial charge >= 0.3 is 0 Å². The molecule has 0 saturated carbocycles. The van der Waals surface area contributed by atoms with Crippen LogP contribution in [-0.4, -0.2) is 16.7 Å². The van der Waals surface area contributed by atoms with Crippen LogP contribution in [0.4, 0.5) is 5.69 Å². The average molecular weight is 316 g/mol. The van der Waals surface area contributed by atoms with Gasteiger partial charge in [0, 0.05) is 11.3 Å². The number of nitrogens with zero attached hydrogens (tertiary/aromatic N) is 2. The summed E-state index contributed by atoms with van der Waals surface area (Å²) in [6, 6.07) is 12.6. The maximum Gasteiger partial charge on any atom is 0.259 e. The van der Waals surface area contributed by atoms with E-state index in [9.17, 15) is 0 Å². The third-order valence-electron chi connectivity index (χ3n) is 3.07. The topological polar surface area (TPSA) is 74.2 Å². The van der Waals surface area contributed by atoms with E-state index in [2.05, 4.69) is 10.1 Å². The second-order valence-corrected chi connectivity index (χ2v) is 5.03. The molecule has 3 rings (SSSR count). The molecule has 112 valence electrons. The van der Waals surface area contributed by atoms with E-state index in [1.807, 2.05) is 31.2 Å². The summed E-state index contributed by atoms with van der Waals surface area (Å²) in [7, 11) is 0. The molecule has 0 aliphatic carbocycles. The Morgan fingerprint density at radius 2 is 1.95 bits per heavy atom. The summed E-state index contributed by atoms with van der Waals surface area (Å²) >= 11 is 6.15. The summed E-state index contributed by atoms with van der Waals surface area (Å²) in [6.07, 6.45) is 0. The molecule has 0 unspecified atom stereocenters. The Kier molecular flexibility index (Phi) is 3.98. The smallest absolute Gasteiger partial charge is 0.259 e. The van der Waals surface area contributed by atoms with Crippen LogP contribution in [0, 0.1) is 0 Å². The van der Waals surface area contributed by atoms with Crippen LogP contribution in [-0.2, 0) is 0 Å². The van der Waals surface area contributed by atoms with Gasteiger partial charge in [-0.2, -0.15) is 4.98 Å². The maximum absolute atomic E-state index is 6.15. The van der Waals surface area contributed by atoms with Crippen LogP contribution in [0.5, 0.6) is 5.75 Å². The lowest BCUT2D eigenvalue weighted by Crippen LogP contribution is -1.90. The predicted molar refractivity (Wildman–Crippen MR) is 85.8 cm³/mol. The van der Waals surface area contributed by atoms with Gasteiger partial charge in [0.25, 0.3) is 5.89 Å². The van der Waals surface area contributed by atoms with Crippen molar-refractivity contribution in [2.45, 2.75) is 6.92 Å². The van der Waals surface area contributed by atoms with Gasteiger partial charge in [0.1, 0.15) is 5.75 Å². The highest BCUT2D eigenvalue weighted by Gasteiger charge is 2.13.